The number of carbonyl (C=O) groups excluding carboxylic acids is 2. The molecule has 0 fully saturated rings. The molecular formula is C18H19N3O3. The van der Waals surface area contributed by atoms with Gasteiger partial charge < -0.3 is 10.1 Å². The van der Waals surface area contributed by atoms with E-state index in [9.17, 15) is 9.59 Å². The van der Waals surface area contributed by atoms with Gasteiger partial charge in [0, 0.05) is 0 Å². The number of ether oxygens (including phenoxy) is 1. The fourth-order valence-electron chi connectivity index (χ4n) is 1.97. The zero-order valence-corrected chi connectivity index (χ0v) is 13.6. The van der Waals surface area contributed by atoms with E-state index < -0.39 is 11.8 Å². The lowest BCUT2D eigenvalue weighted by atomic mass is 10.1. The van der Waals surface area contributed by atoms with Crippen LogP contribution in [0.1, 0.15) is 18.1 Å². The van der Waals surface area contributed by atoms with Gasteiger partial charge in [0.2, 0.25) is 0 Å². The van der Waals surface area contributed by atoms with E-state index in [2.05, 4.69) is 15.8 Å². The smallest absolute Gasteiger partial charge is 0.329 e. The van der Waals surface area contributed by atoms with E-state index in [0.717, 1.165) is 11.1 Å². The zero-order valence-electron chi connectivity index (χ0n) is 13.6. The Morgan fingerprint density at radius 1 is 1.08 bits per heavy atom. The predicted octanol–water partition coefficient (Wildman–Crippen LogP) is 2.48. The number of rotatable bonds is 5. The van der Waals surface area contributed by atoms with Gasteiger partial charge in [0.25, 0.3) is 0 Å². The van der Waals surface area contributed by atoms with Crippen molar-refractivity contribution in [3.05, 3.63) is 59.7 Å². The number of hydrogen-bond donors (Lipinski definition) is 2. The number of benzene rings is 2. The SMILES string of the molecule is CCOc1ccccc1NC(=O)C(=O)N/N=C/c1ccccc1C. The Balaban J connectivity index is 1.96. The summed E-state index contributed by atoms with van der Waals surface area (Å²) in [6.45, 7) is 4.23. The fraction of sp³-hybridized carbons (Fsp3) is 0.167. The number of amides is 2. The molecule has 0 aromatic heterocycles. The Kier molecular flexibility index (Phi) is 6.08. The summed E-state index contributed by atoms with van der Waals surface area (Å²) in [6, 6.07) is 14.5. The van der Waals surface area contributed by atoms with Crippen molar-refractivity contribution >= 4 is 23.7 Å². The van der Waals surface area contributed by atoms with Crippen molar-refractivity contribution in [1.29, 1.82) is 0 Å². The van der Waals surface area contributed by atoms with Gasteiger partial charge in [0.1, 0.15) is 5.75 Å². The summed E-state index contributed by atoms with van der Waals surface area (Å²) in [6.07, 6.45) is 1.49. The topological polar surface area (TPSA) is 79.8 Å². The Hall–Kier alpha value is -3.15. The molecule has 2 aromatic carbocycles. The number of hydrogen-bond acceptors (Lipinski definition) is 4. The highest BCUT2D eigenvalue weighted by Gasteiger charge is 2.15. The second-order valence-corrected chi connectivity index (χ2v) is 4.94. The molecular weight excluding hydrogens is 306 g/mol. The molecule has 0 aliphatic rings. The number of para-hydroxylation sites is 2. The molecule has 0 aliphatic heterocycles. The summed E-state index contributed by atoms with van der Waals surface area (Å²) >= 11 is 0. The predicted molar refractivity (Wildman–Crippen MR) is 93.2 cm³/mol. The van der Waals surface area contributed by atoms with Crippen molar-refractivity contribution in [2.75, 3.05) is 11.9 Å². The van der Waals surface area contributed by atoms with Gasteiger partial charge in [0.05, 0.1) is 18.5 Å². The minimum Gasteiger partial charge on any atom is -0.492 e. The third-order valence-electron chi connectivity index (χ3n) is 3.20. The average molecular weight is 325 g/mol. The second kappa shape index (κ2) is 8.47. The first kappa shape index (κ1) is 17.2. The van der Waals surface area contributed by atoms with Crippen LogP contribution in [-0.2, 0) is 9.59 Å². The van der Waals surface area contributed by atoms with Crippen molar-refractivity contribution in [1.82, 2.24) is 5.43 Å². The highest BCUT2D eigenvalue weighted by Crippen LogP contribution is 2.23. The van der Waals surface area contributed by atoms with Gasteiger partial charge in [-0.05, 0) is 37.1 Å². The Bertz CT molecular complexity index is 757. The molecule has 0 spiro atoms. The molecule has 0 aliphatic carbocycles. The van der Waals surface area contributed by atoms with Crippen molar-refractivity contribution < 1.29 is 14.3 Å². The highest BCUT2D eigenvalue weighted by atomic mass is 16.5. The third-order valence-corrected chi connectivity index (χ3v) is 3.20. The Morgan fingerprint density at radius 3 is 2.54 bits per heavy atom. The van der Waals surface area contributed by atoms with Gasteiger partial charge in [-0.15, -0.1) is 0 Å². The van der Waals surface area contributed by atoms with Crippen LogP contribution in [0.25, 0.3) is 0 Å². The molecule has 2 aromatic rings. The van der Waals surface area contributed by atoms with E-state index >= 15 is 0 Å². The molecule has 2 N–H and O–H groups in total. The summed E-state index contributed by atoms with van der Waals surface area (Å²) in [7, 11) is 0. The monoisotopic (exact) mass is 325 g/mol. The maximum Gasteiger partial charge on any atom is 0.329 e. The molecule has 0 bridgehead atoms. The molecule has 0 heterocycles. The molecule has 0 unspecified atom stereocenters. The second-order valence-electron chi connectivity index (χ2n) is 4.94. The number of aryl methyl sites for hydroxylation is 1. The van der Waals surface area contributed by atoms with Crippen LogP contribution in [-0.4, -0.2) is 24.6 Å². The molecule has 24 heavy (non-hydrogen) atoms. The summed E-state index contributed by atoms with van der Waals surface area (Å²) in [5, 5.41) is 6.31. The van der Waals surface area contributed by atoms with E-state index in [1.54, 1.807) is 24.3 Å². The first-order valence-electron chi connectivity index (χ1n) is 7.53. The van der Waals surface area contributed by atoms with Gasteiger partial charge in [-0.25, -0.2) is 5.43 Å². The zero-order chi connectivity index (χ0) is 17.4. The van der Waals surface area contributed by atoms with Gasteiger partial charge in [-0.3, -0.25) is 9.59 Å². The summed E-state index contributed by atoms with van der Waals surface area (Å²) in [5.41, 5.74) is 4.52. The van der Waals surface area contributed by atoms with Crippen LogP contribution in [0, 0.1) is 6.92 Å². The first-order valence-corrected chi connectivity index (χ1v) is 7.53. The van der Waals surface area contributed by atoms with Crippen molar-refractivity contribution in [2.45, 2.75) is 13.8 Å². The van der Waals surface area contributed by atoms with Crippen LogP contribution in [0.2, 0.25) is 0 Å². The Morgan fingerprint density at radius 2 is 1.79 bits per heavy atom. The van der Waals surface area contributed by atoms with Crippen molar-refractivity contribution in [3.8, 4) is 5.75 Å². The summed E-state index contributed by atoms with van der Waals surface area (Å²) in [5.74, 6) is -1.17. The summed E-state index contributed by atoms with van der Waals surface area (Å²) in [4.78, 5) is 23.7. The van der Waals surface area contributed by atoms with E-state index in [1.165, 1.54) is 6.21 Å². The fourth-order valence-corrected chi connectivity index (χ4v) is 1.97. The number of nitrogens with zero attached hydrogens (tertiary/aromatic N) is 1. The van der Waals surface area contributed by atoms with Gasteiger partial charge in [0.15, 0.2) is 0 Å². The molecule has 2 rings (SSSR count). The number of nitrogens with one attached hydrogen (secondary N) is 2. The van der Waals surface area contributed by atoms with E-state index in [0.29, 0.717) is 18.0 Å². The maximum atomic E-state index is 11.9. The first-order chi connectivity index (χ1) is 11.6. The minimum atomic E-state index is -0.855. The number of anilines is 1. The molecule has 2 amide bonds. The van der Waals surface area contributed by atoms with E-state index in [4.69, 9.17) is 4.74 Å². The van der Waals surface area contributed by atoms with Crippen LogP contribution in [0.4, 0.5) is 5.69 Å². The standard InChI is InChI=1S/C18H19N3O3/c1-3-24-16-11-7-6-10-15(16)20-17(22)18(23)21-19-12-14-9-5-4-8-13(14)2/h4-12H,3H2,1-2H3,(H,20,22)(H,21,23)/b19-12+. The van der Waals surface area contributed by atoms with Crippen LogP contribution >= 0.6 is 0 Å². The lowest BCUT2D eigenvalue weighted by Gasteiger charge is -2.10. The van der Waals surface area contributed by atoms with Crippen LogP contribution in [0.15, 0.2) is 53.6 Å². The molecule has 0 radical (unpaired) electrons. The van der Waals surface area contributed by atoms with Gasteiger partial charge in [-0.2, -0.15) is 5.10 Å². The van der Waals surface area contributed by atoms with Crippen LogP contribution in [0.5, 0.6) is 5.75 Å². The van der Waals surface area contributed by atoms with Gasteiger partial charge in [-0.1, -0.05) is 36.4 Å². The molecule has 6 heteroatoms. The van der Waals surface area contributed by atoms with Gasteiger partial charge >= 0.3 is 11.8 Å². The highest BCUT2D eigenvalue weighted by molar-refractivity contribution is 6.39. The average Bonchev–Trinajstić information content (AvgIpc) is 2.58. The van der Waals surface area contributed by atoms with Crippen LogP contribution < -0.4 is 15.5 Å². The quantitative estimate of drug-likeness (QED) is 0.503. The largest absolute Gasteiger partial charge is 0.492 e. The summed E-state index contributed by atoms with van der Waals surface area (Å²) < 4.78 is 5.39. The molecule has 6 nitrogen and oxygen atoms in total. The minimum absolute atomic E-state index is 0.433. The lowest BCUT2D eigenvalue weighted by molar-refractivity contribution is -0.136. The molecule has 0 saturated carbocycles. The van der Waals surface area contributed by atoms with Crippen molar-refractivity contribution in [2.24, 2.45) is 5.10 Å². The molecule has 0 saturated heterocycles. The molecule has 0 atom stereocenters. The molecule has 124 valence electrons. The number of hydrazone groups is 1. The van der Waals surface area contributed by atoms with Crippen molar-refractivity contribution in [3.63, 3.8) is 0 Å². The maximum absolute atomic E-state index is 11.9. The number of carbonyl (C=O) groups is 2. The Labute approximate surface area is 140 Å². The van der Waals surface area contributed by atoms with E-state index in [-0.39, 0.29) is 0 Å². The lowest BCUT2D eigenvalue weighted by Crippen LogP contribution is -2.32. The van der Waals surface area contributed by atoms with E-state index in [1.807, 2.05) is 38.1 Å². The third kappa shape index (κ3) is 4.67. The normalized spacial score (nSPS) is 10.4. The van der Waals surface area contributed by atoms with Crippen LogP contribution in [0.3, 0.4) is 0 Å².